The van der Waals surface area contributed by atoms with E-state index in [1.165, 1.54) is 31.3 Å². The average Bonchev–Trinajstić information content (AvgIpc) is 2.55. The number of hydrogen-bond acceptors (Lipinski definition) is 5. The second kappa shape index (κ2) is 7.16. The van der Waals surface area contributed by atoms with Crippen molar-refractivity contribution in [3.05, 3.63) is 53.1 Å². The highest BCUT2D eigenvalue weighted by atomic mass is 32.2. The predicted octanol–water partition coefficient (Wildman–Crippen LogP) is 1.11. The van der Waals surface area contributed by atoms with Crippen LogP contribution in [0, 0.1) is 13.8 Å². The van der Waals surface area contributed by atoms with Crippen LogP contribution in [0.2, 0.25) is 0 Å². The maximum Gasteiger partial charge on any atom is 0.255 e. The van der Waals surface area contributed by atoms with E-state index in [0.29, 0.717) is 11.1 Å². The zero-order valence-corrected chi connectivity index (χ0v) is 16.0. The first-order valence-electron chi connectivity index (χ1n) is 7.44. The highest BCUT2D eigenvalue weighted by Gasteiger charge is 2.18. The molecule has 26 heavy (non-hydrogen) atoms. The second-order valence-corrected chi connectivity index (χ2v) is 9.08. The van der Waals surface area contributed by atoms with Crippen LogP contribution in [-0.2, 0) is 20.0 Å². The lowest BCUT2D eigenvalue weighted by Crippen LogP contribution is -2.20. The van der Waals surface area contributed by atoms with Gasteiger partial charge in [0.25, 0.3) is 5.91 Å². The Kier molecular flexibility index (Phi) is 5.52. The number of anilines is 1. The number of rotatable bonds is 5. The van der Waals surface area contributed by atoms with Crippen LogP contribution in [0.25, 0.3) is 0 Å². The third kappa shape index (κ3) is 4.28. The van der Waals surface area contributed by atoms with Crippen LogP contribution < -0.4 is 15.2 Å². The molecule has 0 aliphatic carbocycles. The molecule has 0 unspecified atom stereocenters. The van der Waals surface area contributed by atoms with E-state index in [1.807, 2.05) is 0 Å². The fraction of sp³-hybridized carbons (Fsp3) is 0.188. The number of nitrogens with two attached hydrogens (primary N) is 1. The molecule has 1 amide bonds. The molecule has 140 valence electrons. The van der Waals surface area contributed by atoms with Crippen molar-refractivity contribution >= 4 is 31.6 Å². The van der Waals surface area contributed by atoms with Gasteiger partial charge in [-0.1, -0.05) is 12.1 Å². The summed E-state index contributed by atoms with van der Waals surface area (Å²) in [6.07, 6.45) is 0. The molecular formula is C16H19N3O5S2. The van der Waals surface area contributed by atoms with Crippen molar-refractivity contribution in [1.29, 1.82) is 0 Å². The summed E-state index contributed by atoms with van der Waals surface area (Å²) in [5.74, 6) is -0.579. The zero-order valence-electron chi connectivity index (χ0n) is 14.4. The molecule has 8 nitrogen and oxygen atoms in total. The molecule has 0 heterocycles. The van der Waals surface area contributed by atoms with Gasteiger partial charge < -0.3 is 5.32 Å². The number of sulfonamides is 2. The molecule has 4 N–H and O–H groups in total. The highest BCUT2D eigenvalue weighted by Crippen LogP contribution is 2.21. The van der Waals surface area contributed by atoms with Gasteiger partial charge >= 0.3 is 0 Å². The van der Waals surface area contributed by atoms with E-state index < -0.39 is 26.0 Å². The summed E-state index contributed by atoms with van der Waals surface area (Å²) >= 11 is 0. The van der Waals surface area contributed by atoms with Gasteiger partial charge in [-0.05, 0) is 56.3 Å². The van der Waals surface area contributed by atoms with E-state index in [1.54, 1.807) is 26.0 Å². The lowest BCUT2D eigenvalue weighted by Gasteiger charge is -2.12. The van der Waals surface area contributed by atoms with Gasteiger partial charge in [-0.15, -0.1) is 0 Å². The van der Waals surface area contributed by atoms with Gasteiger partial charge in [0, 0.05) is 11.3 Å². The van der Waals surface area contributed by atoms with Gasteiger partial charge in [-0.2, -0.15) is 0 Å². The predicted molar refractivity (Wildman–Crippen MR) is 97.9 cm³/mol. The minimum absolute atomic E-state index is 0.0350. The number of benzene rings is 2. The quantitative estimate of drug-likeness (QED) is 0.694. The van der Waals surface area contributed by atoms with Gasteiger partial charge in [0.1, 0.15) is 0 Å². The first kappa shape index (κ1) is 20.0. The van der Waals surface area contributed by atoms with Crippen molar-refractivity contribution in [1.82, 2.24) is 4.72 Å². The molecule has 2 rings (SSSR count). The first-order valence-corrected chi connectivity index (χ1v) is 10.5. The molecule has 10 heteroatoms. The minimum atomic E-state index is -3.95. The molecule has 0 aliphatic rings. The fourth-order valence-electron chi connectivity index (χ4n) is 2.30. The van der Waals surface area contributed by atoms with Gasteiger partial charge in [-0.25, -0.2) is 26.7 Å². The van der Waals surface area contributed by atoms with Crippen molar-refractivity contribution in [2.75, 3.05) is 12.4 Å². The Morgan fingerprint density at radius 2 is 1.58 bits per heavy atom. The Morgan fingerprint density at radius 1 is 0.962 bits per heavy atom. The molecule has 0 aliphatic heterocycles. The van der Waals surface area contributed by atoms with Crippen LogP contribution in [0.15, 0.2) is 46.2 Å². The lowest BCUT2D eigenvalue weighted by atomic mass is 10.1. The minimum Gasteiger partial charge on any atom is -0.322 e. The standard InChI is InChI=1S/C16H19N3O5S2/c1-10-5-7-13(25(17,21)22)9-14(10)16(20)19-12-6-4-11(2)15(8-12)26(23,24)18-3/h4-9,18H,1-3H3,(H,19,20)(H2,17,21,22). The molecule has 2 aromatic carbocycles. The number of hydrogen-bond donors (Lipinski definition) is 3. The molecule has 0 aromatic heterocycles. The number of primary sulfonamides is 1. The van der Waals surface area contributed by atoms with E-state index in [0.717, 1.165) is 0 Å². The third-order valence-corrected chi connectivity index (χ3v) is 6.25. The SMILES string of the molecule is CNS(=O)(=O)c1cc(NC(=O)c2cc(S(N)(=O)=O)ccc2C)ccc1C. The fourth-order valence-corrected chi connectivity index (χ4v) is 3.83. The summed E-state index contributed by atoms with van der Waals surface area (Å²) in [7, 11) is -6.34. The molecule has 0 saturated heterocycles. The number of carbonyl (C=O) groups excluding carboxylic acids is 1. The zero-order chi connectivity index (χ0) is 19.7. The largest absolute Gasteiger partial charge is 0.322 e. The Hall–Kier alpha value is -2.27. The monoisotopic (exact) mass is 397 g/mol. The number of aryl methyl sites for hydroxylation is 2. The maximum atomic E-state index is 12.5. The van der Waals surface area contributed by atoms with E-state index in [9.17, 15) is 21.6 Å². The molecule has 2 aromatic rings. The van der Waals surface area contributed by atoms with Gasteiger partial charge in [0.2, 0.25) is 20.0 Å². The summed E-state index contributed by atoms with van der Waals surface area (Å²) in [4.78, 5) is 12.4. The smallest absolute Gasteiger partial charge is 0.255 e. The maximum absolute atomic E-state index is 12.5. The van der Waals surface area contributed by atoms with Crippen LogP contribution >= 0.6 is 0 Å². The van der Waals surface area contributed by atoms with Gasteiger partial charge in [-0.3, -0.25) is 4.79 Å². The number of carbonyl (C=O) groups is 1. The van der Waals surface area contributed by atoms with Crippen molar-refractivity contribution in [2.24, 2.45) is 5.14 Å². The first-order chi connectivity index (χ1) is 12.0. The topological polar surface area (TPSA) is 135 Å². The summed E-state index contributed by atoms with van der Waals surface area (Å²) in [6.45, 7) is 3.28. The number of nitrogens with one attached hydrogen (secondary N) is 2. The third-order valence-electron chi connectivity index (χ3n) is 3.79. The molecule has 0 fully saturated rings. The summed E-state index contributed by atoms with van der Waals surface area (Å²) in [6, 6.07) is 8.41. The highest BCUT2D eigenvalue weighted by molar-refractivity contribution is 7.89. The van der Waals surface area contributed by atoms with E-state index >= 15 is 0 Å². The van der Waals surface area contributed by atoms with Crippen molar-refractivity contribution in [3.8, 4) is 0 Å². The normalized spacial score (nSPS) is 12.0. The summed E-state index contributed by atoms with van der Waals surface area (Å²) in [5, 5.41) is 7.67. The Bertz CT molecular complexity index is 1080. The van der Waals surface area contributed by atoms with Crippen LogP contribution in [0.4, 0.5) is 5.69 Å². The number of amides is 1. The van der Waals surface area contributed by atoms with E-state index in [4.69, 9.17) is 5.14 Å². The van der Waals surface area contributed by atoms with E-state index in [-0.39, 0.29) is 21.0 Å². The second-order valence-electron chi connectivity index (χ2n) is 5.66. The molecule has 0 saturated carbocycles. The molecular weight excluding hydrogens is 378 g/mol. The van der Waals surface area contributed by atoms with E-state index in [2.05, 4.69) is 10.0 Å². The molecule has 0 bridgehead atoms. The van der Waals surface area contributed by atoms with Crippen LogP contribution in [0.1, 0.15) is 21.5 Å². The Labute approximate surface area is 152 Å². The van der Waals surface area contributed by atoms with Gasteiger partial charge in [0.15, 0.2) is 0 Å². The Balaban J connectivity index is 2.42. The molecule has 0 atom stereocenters. The summed E-state index contributed by atoms with van der Waals surface area (Å²) in [5.41, 5.74) is 1.44. The molecule has 0 spiro atoms. The van der Waals surface area contributed by atoms with Crippen molar-refractivity contribution < 1.29 is 21.6 Å². The molecule has 0 radical (unpaired) electrons. The van der Waals surface area contributed by atoms with Crippen molar-refractivity contribution in [2.45, 2.75) is 23.6 Å². The van der Waals surface area contributed by atoms with Crippen LogP contribution in [-0.4, -0.2) is 29.8 Å². The summed E-state index contributed by atoms with van der Waals surface area (Å²) < 4.78 is 49.2. The van der Waals surface area contributed by atoms with Crippen molar-refractivity contribution in [3.63, 3.8) is 0 Å². The Morgan fingerprint density at radius 3 is 2.15 bits per heavy atom. The van der Waals surface area contributed by atoms with Crippen LogP contribution in [0.5, 0.6) is 0 Å². The van der Waals surface area contributed by atoms with Crippen LogP contribution in [0.3, 0.4) is 0 Å². The van der Waals surface area contributed by atoms with Gasteiger partial charge in [0.05, 0.1) is 9.79 Å². The lowest BCUT2D eigenvalue weighted by molar-refractivity contribution is 0.102. The average molecular weight is 397 g/mol.